The predicted octanol–water partition coefficient (Wildman–Crippen LogP) is 6.02. The van der Waals surface area contributed by atoms with E-state index < -0.39 is 0 Å². The lowest BCUT2D eigenvalue weighted by molar-refractivity contribution is -0.444. The molecule has 6 rings (SSSR count). The second-order valence-electron chi connectivity index (χ2n) is 10.5. The van der Waals surface area contributed by atoms with E-state index in [0.717, 1.165) is 63.6 Å². The number of halogens is 1. The molecule has 0 aliphatic carbocycles. The van der Waals surface area contributed by atoms with Gasteiger partial charge in [-0.05, 0) is 75.6 Å². The molecule has 1 aromatic carbocycles. The first-order valence-corrected chi connectivity index (χ1v) is 14.0. The van der Waals surface area contributed by atoms with Crippen molar-refractivity contribution >= 4 is 46.3 Å². The molecule has 0 spiro atoms. The van der Waals surface area contributed by atoms with E-state index in [1.807, 2.05) is 60.5 Å². The van der Waals surface area contributed by atoms with Crippen LogP contribution in [0.2, 0.25) is 5.15 Å². The van der Waals surface area contributed by atoms with Crippen molar-refractivity contribution in [2.75, 3.05) is 18.5 Å². The lowest BCUT2D eigenvalue weighted by Gasteiger charge is -2.21. The number of benzene rings is 1. The Kier molecular flexibility index (Phi) is 6.98. The van der Waals surface area contributed by atoms with Crippen molar-refractivity contribution in [1.29, 1.82) is 0 Å². The molecule has 0 amide bonds. The Hall–Kier alpha value is -3.88. The van der Waals surface area contributed by atoms with Crippen LogP contribution in [0.4, 0.5) is 11.5 Å². The summed E-state index contributed by atoms with van der Waals surface area (Å²) in [5.74, 6) is 1.08. The molecule has 3 aromatic heterocycles. The fraction of sp³-hybridized carbons (Fsp3) is 0.323. The van der Waals surface area contributed by atoms with Gasteiger partial charge in [-0.15, -0.1) is 4.68 Å². The van der Waals surface area contributed by atoms with Crippen molar-refractivity contribution < 1.29 is 9.42 Å². The molecular formula is C31H32ClN6O2+. The van der Waals surface area contributed by atoms with Gasteiger partial charge in [-0.3, -0.25) is 4.98 Å². The molecule has 1 N–H and O–H groups in total. The molecule has 0 saturated carbocycles. The van der Waals surface area contributed by atoms with Crippen LogP contribution < -0.4 is 10.9 Å². The summed E-state index contributed by atoms with van der Waals surface area (Å²) >= 11 is 6.32. The van der Waals surface area contributed by atoms with Crippen LogP contribution in [0.25, 0.3) is 22.0 Å². The summed E-state index contributed by atoms with van der Waals surface area (Å²) in [6, 6.07) is 11.6. The van der Waals surface area contributed by atoms with Crippen LogP contribution in [-0.4, -0.2) is 44.9 Å². The fourth-order valence-electron chi connectivity index (χ4n) is 5.72. The van der Waals surface area contributed by atoms with Gasteiger partial charge in [-0.2, -0.15) is 4.57 Å². The molecule has 0 radical (unpaired) electrons. The molecule has 204 valence electrons. The molecule has 2 unspecified atom stereocenters. The van der Waals surface area contributed by atoms with Crippen LogP contribution in [0.5, 0.6) is 0 Å². The first-order chi connectivity index (χ1) is 19.3. The maximum absolute atomic E-state index is 13.9. The standard InChI is InChI=1S/C31H32ClN6O2/c1-5-37-30-25(15-34-38(30)16-21-9-11-40-17-21)28-23(12-18(2)13-24(28)31(37)39)20(4)35-26-6-7-27(32)36-29(26)22-8-10-33-19(3)14-22/h6-8,10,12-16,20-21,35H,5,9,11,17H2,1-4H3/q+1/b38-16-. The number of hydrogen-bond donors (Lipinski definition) is 1. The summed E-state index contributed by atoms with van der Waals surface area (Å²) in [5.41, 5.74) is 6.42. The van der Waals surface area contributed by atoms with Crippen LogP contribution in [0.3, 0.4) is 0 Å². The zero-order valence-corrected chi connectivity index (χ0v) is 23.9. The van der Waals surface area contributed by atoms with Crippen molar-refractivity contribution in [3.63, 3.8) is 0 Å². The topological polar surface area (TPSA) is 84.4 Å². The van der Waals surface area contributed by atoms with E-state index in [0.29, 0.717) is 23.7 Å². The number of ether oxygens (including phenoxy) is 1. The lowest BCUT2D eigenvalue weighted by atomic mass is 9.94. The minimum atomic E-state index is -0.150. The quantitative estimate of drug-likeness (QED) is 0.232. The molecule has 40 heavy (non-hydrogen) atoms. The highest BCUT2D eigenvalue weighted by atomic mass is 35.5. The van der Waals surface area contributed by atoms with Crippen molar-refractivity contribution in [2.45, 2.75) is 46.7 Å². The summed E-state index contributed by atoms with van der Waals surface area (Å²) < 4.78 is 9.27. The van der Waals surface area contributed by atoms with Gasteiger partial charge in [0.2, 0.25) is 0 Å². The van der Waals surface area contributed by atoms with E-state index in [4.69, 9.17) is 21.4 Å². The number of hydrazone groups is 1. The highest BCUT2D eigenvalue weighted by Gasteiger charge is 2.32. The van der Waals surface area contributed by atoms with Crippen LogP contribution in [-0.2, 0) is 11.3 Å². The molecule has 2 aliphatic heterocycles. The molecule has 8 nitrogen and oxygen atoms in total. The lowest BCUT2D eigenvalue weighted by Crippen LogP contribution is -2.25. The normalized spacial score (nSPS) is 18.0. The Labute approximate surface area is 238 Å². The Bertz CT molecular complexity index is 1750. The molecule has 0 bridgehead atoms. The Morgan fingerprint density at radius 1 is 1.25 bits per heavy atom. The van der Waals surface area contributed by atoms with E-state index in [9.17, 15) is 4.79 Å². The maximum atomic E-state index is 13.9. The van der Waals surface area contributed by atoms with Crippen molar-refractivity contribution in [2.24, 2.45) is 11.0 Å². The number of anilines is 1. The molecule has 2 aliphatic rings. The Morgan fingerprint density at radius 2 is 2.10 bits per heavy atom. The maximum Gasteiger partial charge on any atom is 0.341 e. The average molecular weight is 556 g/mol. The molecule has 1 saturated heterocycles. The summed E-state index contributed by atoms with van der Waals surface area (Å²) in [6.45, 7) is 10.1. The molecule has 2 atom stereocenters. The van der Waals surface area contributed by atoms with E-state index >= 15 is 0 Å². The number of fused-ring (bicyclic) bond motifs is 3. The van der Waals surface area contributed by atoms with E-state index in [2.05, 4.69) is 34.5 Å². The van der Waals surface area contributed by atoms with Gasteiger partial charge in [0.1, 0.15) is 11.4 Å². The zero-order valence-electron chi connectivity index (χ0n) is 23.1. The van der Waals surface area contributed by atoms with Crippen LogP contribution >= 0.6 is 11.6 Å². The Balaban J connectivity index is 1.50. The van der Waals surface area contributed by atoms with Crippen LogP contribution in [0.15, 0.2) is 52.5 Å². The third-order valence-corrected chi connectivity index (χ3v) is 7.80. The summed E-state index contributed by atoms with van der Waals surface area (Å²) in [5, 5.41) is 10.4. The van der Waals surface area contributed by atoms with Gasteiger partial charge >= 0.3 is 11.4 Å². The minimum Gasteiger partial charge on any atom is -0.381 e. The number of nitrogens with zero attached hydrogens (tertiary/aromatic N) is 5. The predicted molar refractivity (Wildman–Crippen MR) is 160 cm³/mol. The number of nitrogens with one attached hydrogen (secondary N) is 1. The van der Waals surface area contributed by atoms with Gasteiger partial charge in [-0.25, -0.2) is 9.78 Å². The van der Waals surface area contributed by atoms with Gasteiger partial charge in [0.15, 0.2) is 0 Å². The number of aryl methyl sites for hydroxylation is 2. The highest BCUT2D eigenvalue weighted by molar-refractivity contribution is 6.29. The number of pyridine rings is 3. The van der Waals surface area contributed by atoms with Crippen molar-refractivity contribution in [3.05, 3.63) is 80.5 Å². The first kappa shape index (κ1) is 26.3. The largest absolute Gasteiger partial charge is 0.381 e. The highest BCUT2D eigenvalue weighted by Crippen LogP contribution is 2.37. The van der Waals surface area contributed by atoms with Gasteiger partial charge in [0, 0.05) is 41.4 Å². The zero-order chi connectivity index (χ0) is 28.0. The second-order valence-corrected chi connectivity index (χ2v) is 10.9. The molecule has 5 heterocycles. The smallest absolute Gasteiger partial charge is 0.341 e. The molecule has 4 aromatic rings. The molecule has 1 fully saturated rings. The first-order valence-electron chi connectivity index (χ1n) is 13.7. The molecular weight excluding hydrogens is 524 g/mol. The number of rotatable bonds is 6. The Morgan fingerprint density at radius 3 is 2.85 bits per heavy atom. The van der Waals surface area contributed by atoms with E-state index in [1.165, 1.54) is 0 Å². The summed E-state index contributed by atoms with van der Waals surface area (Å²) in [4.78, 5) is 22.9. The molecule has 9 heteroatoms. The third kappa shape index (κ3) is 4.71. The van der Waals surface area contributed by atoms with Crippen molar-refractivity contribution in [3.8, 4) is 11.3 Å². The second kappa shape index (κ2) is 10.6. The average Bonchev–Trinajstić information content (AvgIpc) is 3.60. The number of hydrogen-bond acceptors (Lipinski definition) is 6. The SMILES string of the molecule is CCn1c2c(c3c(C(C)Nc4ccc(Cl)nc4-c4ccnc(C)c4)cc(C)cc3c1=O)C=N/[N+]2=C\C1CCOC1. The van der Waals surface area contributed by atoms with Crippen LogP contribution in [0, 0.1) is 19.8 Å². The fourth-order valence-corrected chi connectivity index (χ4v) is 5.86. The van der Waals surface area contributed by atoms with Crippen LogP contribution in [0.1, 0.15) is 48.7 Å². The minimum absolute atomic E-state index is 0.0129. The van der Waals surface area contributed by atoms with Gasteiger partial charge < -0.3 is 10.1 Å². The van der Waals surface area contributed by atoms with E-state index in [-0.39, 0.29) is 17.5 Å². The van der Waals surface area contributed by atoms with E-state index in [1.54, 1.807) is 12.3 Å². The summed E-state index contributed by atoms with van der Waals surface area (Å²) in [7, 11) is 0. The number of aromatic nitrogens is 3. The van der Waals surface area contributed by atoms with Gasteiger partial charge in [0.05, 0.1) is 41.7 Å². The summed E-state index contributed by atoms with van der Waals surface area (Å²) in [6.07, 6.45) is 6.70. The third-order valence-electron chi connectivity index (χ3n) is 7.59. The monoisotopic (exact) mass is 555 g/mol. The van der Waals surface area contributed by atoms with Gasteiger partial charge in [0.25, 0.3) is 0 Å². The van der Waals surface area contributed by atoms with Gasteiger partial charge in [-0.1, -0.05) is 22.8 Å². The van der Waals surface area contributed by atoms with Crippen molar-refractivity contribution in [1.82, 2.24) is 14.5 Å².